The summed E-state index contributed by atoms with van der Waals surface area (Å²) in [6.07, 6.45) is 5.95. The van der Waals surface area contributed by atoms with Crippen LogP contribution in [-0.4, -0.2) is 36.6 Å². The predicted octanol–water partition coefficient (Wildman–Crippen LogP) is 2.58. The Hall–Kier alpha value is -3.78. The van der Waals surface area contributed by atoms with E-state index in [4.69, 9.17) is 9.68 Å². The Kier molecular flexibility index (Phi) is 4.63. The fourth-order valence-corrected chi connectivity index (χ4v) is 4.11. The number of hydrogen-bond donors (Lipinski definition) is 1. The van der Waals surface area contributed by atoms with Gasteiger partial charge in [0.1, 0.15) is 17.0 Å². The first-order valence-electron chi connectivity index (χ1n) is 9.43. The molecule has 1 saturated carbocycles. The highest BCUT2D eigenvalue weighted by molar-refractivity contribution is 7.18. The summed E-state index contributed by atoms with van der Waals surface area (Å²) < 4.78 is 20.9. The number of nitrogens with zero attached hydrogens (tertiary/aromatic N) is 6. The third-order valence-electron chi connectivity index (χ3n) is 4.85. The molecule has 3 aromatic heterocycles. The van der Waals surface area contributed by atoms with Crippen LogP contribution in [0.3, 0.4) is 0 Å². The molecule has 11 heteroatoms. The molecular formula is C20H14FN7O2S. The van der Waals surface area contributed by atoms with E-state index in [0.717, 1.165) is 0 Å². The number of benzene rings is 1. The molecule has 0 unspecified atom stereocenters. The van der Waals surface area contributed by atoms with Gasteiger partial charge in [-0.15, -0.1) is 21.5 Å². The minimum Gasteiger partial charge on any atom is -0.424 e. The first-order valence-corrected chi connectivity index (χ1v) is 10.2. The van der Waals surface area contributed by atoms with Crippen molar-refractivity contribution in [3.8, 4) is 17.3 Å². The van der Waals surface area contributed by atoms with Gasteiger partial charge < -0.3 is 9.73 Å². The summed E-state index contributed by atoms with van der Waals surface area (Å²) in [5, 5.41) is 20.2. The lowest BCUT2D eigenvalue weighted by atomic mass is 10.1. The van der Waals surface area contributed by atoms with Crippen molar-refractivity contribution in [2.24, 2.45) is 0 Å². The highest BCUT2D eigenvalue weighted by Gasteiger charge is 2.44. The molecule has 1 aliphatic carbocycles. The smallest absolute Gasteiger partial charge is 0.230 e. The molecule has 5 rings (SSSR count). The van der Waals surface area contributed by atoms with Crippen molar-refractivity contribution < 1.29 is 13.6 Å². The summed E-state index contributed by atoms with van der Waals surface area (Å²) in [4.78, 5) is 24.6. The van der Waals surface area contributed by atoms with Crippen molar-refractivity contribution in [2.45, 2.75) is 31.2 Å². The van der Waals surface area contributed by atoms with E-state index in [0.29, 0.717) is 39.3 Å². The number of nitrogens with one attached hydrogen (secondary N) is 1. The Bertz CT molecular complexity index is 1320. The molecule has 9 nitrogen and oxygen atoms in total. The van der Waals surface area contributed by atoms with Gasteiger partial charge in [-0.3, -0.25) is 14.8 Å². The van der Waals surface area contributed by atoms with E-state index < -0.39 is 11.4 Å². The molecule has 154 valence electrons. The topological polar surface area (TPSA) is 130 Å². The maximum Gasteiger partial charge on any atom is 0.230 e. The van der Waals surface area contributed by atoms with Gasteiger partial charge in [-0.05, 0) is 25.0 Å². The van der Waals surface area contributed by atoms with Gasteiger partial charge in [-0.1, -0.05) is 0 Å². The monoisotopic (exact) mass is 435 g/mol. The predicted molar refractivity (Wildman–Crippen MR) is 107 cm³/mol. The molecule has 0 atom stereocenters. The summed E-state index contributed by atoms with van der Waals surface area (Å²) in [7, 11) is 0. The molecule has 1 amide bonds. The number of aromatic nitrogens is 5. The van der Waals surface area contributed by atoms with Gasteiger partial charge in [-0.25, -0.2) is 9.37 Å². The zero-order valence-corrected chi connectivity index (χ0v) is 16.8. The van der Waals surface area contributed by atoms with E-state index in [2.05, 4.69) is 36.5 Å². The number of carbonyl (C=O) groups excluding carboxylic acids is 1. The summed E-state index contributed by atoms with van der Waals surface area (Å²) in [6.45, 7) is 0. The third-order valence-corrected chi connectivity index (χ3v) is 5.91. The number of thiazole rings is 1. The molecule has 1 aliphatic rings. The Balaban J connectivity index is 1.31. The van der Waals surface area contributed by atoms with Crippen LogP contribution in [0.1, 0.15) is 29.6 Å². The van der Waals surface area contributed by atoms with E-state index in [1.807, 2.05) is 0 Å². The van der Waals surface area contributed by atoms with E-state index in [1.54, 1.807) is 12.1 Å². The summed E-state index contributed by atoms with van der Waals surface area (Å²) in [6, 6.07) is 5.45. The highest BCUT2D eigenvalue weighted by atomic mass is 32.1. The molecule has 31 heavy (non-hydrogen) atoms. The van der Waals surface area contributed by atoms with E-state index >= 15 is 4.39 Å². The summed E-state index contributed by atoms with van der Waals surface area (Å²) in [5.74, 6) is -0.319. The maximum absolute atomic E-state index is 15.0. The number of rotatable bonds is 6. The van der Waals surface area contributed by atoms with Gasteiger partial charge in [0.15, 0.2) is 5.82 Å². The van der Waals surface area contributed by atoms with Gasteiger partial charge in [0, 0.05) is 18.0 Å². The molecule has 0 bridgehead atoms. The lowest BCUT2D eigenvalue weighted by Crippen LogP contribution is -2.36. The Labute approximate surface area is 179 Å². The molecule has 0 saturated heterocycles. The largest absolute Gasteiger partial charge is 0.424 e. The van der Waals surface area contributed by atoms with E-state index in [9.17, 15) is 4.79 Å². The Morgan fingerprint density at radius 2 is 2.13 bits per heavy atom. The van der Waals surface area contributed by atoms with Gasteiger partial charge in [0.25, 0.3) is 0 Å². The van der Waals surface area contributed by atoms with Crippen LogP contribution in [0.5, 0.6) is 0 Å². The Morgan fingerprint density at radius 3 is 2.87 bits per heavy atom. The zero-order valence-electron chi connectivity index (χ0n) is 16.0. The fraction of sp³-hybridized carbons (Fsp3) is 0.250. The number of nitriles is 1. The molecule has 0 aliphatic heterocycles. The molecular weight excluding hydrogens is 421 g/mol. The second kappa shape index (κ2) is 7.48. The van der Waals surface area contributed by atoms with Crippen LogP contribution in [-0.2, 0) is 17.6 Å². The van der Waals surface area contributed by atoms with Gasteiger partial charge in [-0.2, -0.15) is 5.26 Å². The van der Waals surface area contributed by atoms with Crippen LogP contribution in [0.25, 0.3) is 21.5 Å². The van der Waals surface area contributed by atoms with E-state index in [1.165, 1.54) is 29.9 Å². The van der Waals surface area contributed by atoms with E-state index in [-0.39, 0.29) is 30.5 Å². The van der Waals surface area contributed by atoms with Crippen molar-refractivity contribution in [1.29, 1.82) is 5.26 Å². The molecule has 3 heterocycles. The van der Waals surface area contributed by atoms with Crippen molar-refractivity contribution in [2.75, 3.05) is 0 Å². The SMILES string of the molecule is N#CC1(NC(=O)Cc2nnc(Cc3nc4ccc(-c5cnccn5)c(F)c4s3)o2)CC1. The van der Waals surface area contributed by atoms with Crippen molar-refractivity contribution in [3.63, 3.8) is 0 Å². The first-order chi connectivity index (χ1) is 15.0. The average Bonchev–Trinajstić information content (AvgIpc) is 3.20. The normalized spacial score (nSPS) is 14.3. The van der Waals surface area contributed by atoms with Crippen molar-refractivity contribution >= 4 is 27.5 Å². The van der Waals surface area contributed by atoms with Crippen molar-refractivity contribution in [3.05, 3.63) is 53.3 Å². The number of halogens is 1. The Morgan fingerprint density at radius 1 is 1.29 bits per heavy atom. The number of carbonyl (C=O) groups is 1. The molecule has 0 radical (unpaired) electrons. The molecule has 4 aromatic rings. The number of amides is 1. The van der Waals surface area contributed by atoms with Crippen LogP contribution in [0, 0.1) is 17.1 Å². The van der Waals surface area contributed by atoms with Crippen molar-refractivity contribution in [1.82, 2.24) is 30.5 Å². The molecule has 1 aromatic carbocycles. The zero-order chi connectivity index (χ0) is 21.4. The summed E-state index contributed by atoms with van der Waals surface area (Å²) in [5.41, 5.74) is 0.582. The minimum atomic E-state index is -0.741. The molecule has 0 spiro atoms. The quantitative estimate of drug-likeness (QED) is 0.489. The fourth-order valence-electron chi connectivity index (χ4n) is 3.12. The minimum absolute atomic E-state index is 0.105. The van der Waals surface area contributed by atoms with Crippen LogP contribution >= 0.6 is 11.3 Å². The van der Waals surface area contributed by atoms with Gasteiger partial charge in [0.05, 0.1) is 34.6 Å². The lowest BCUT2D eigenvalue weighted by molar-refractivity contribution is -0.121. The lowest BCUT2D eigenvalue weighted by Gasteiger charge is -2.06. The molecule has 1 N–H and O–H groups in total. The molecule has 1 fully saturated rings. The van der Waals surface area contributed by atoms with Crippen LogP contribution < -0.4 is 5.32 Å². The van der Waals surface area contributed by atoms with Crippen LogP contribution in [0.4, 0.5) is 4.39 Å². The third kappa shape index (κ3) is 3.85. The number of hydrogen-bond acceptors (Lipinski definition) is 9. The van der Waals surface area contributed by atoms with Gasteiger partial charge in [0.2, 0.25) is 17.7 Å². The van der Waals surface area contributed by atoms with Crippen LogP contribution in [0.15, 0.2) is 35.1 Å². The second-order valence-electron chi connectivity index (χ2n) is 7.16. The average molecular weight is 435 g/mol. The first kappa shape index (κ1) is 19.2. The maximum atomic E-state index is 15.0. The standard InChI is InChI=1S/C20H14FN7O2S/c21-18-11(13-9-23-5-6-24-13)1-2-12-19(18)31-17(25-12)8-16-28-27-15(30-16)7-14(29)26-20(10-22)3-4-20/h1-2,5-6,9H,3-4,7-8H2,(H,26,29). The highest BCUT2D eigenvalue weighted by Crippen LogP contribution is 2.34. The second-order valence-corrected chi connectivity index (χ2v) is 8.24. The summed E-state index contributed by atoms with van der Waals surface area (Å²) >= 11 is 1.19. The van der Waals surface area contributed by atoms with Gasteiger partial charge >= 0.3 is 0 Å². The number of fused-ring (bicyclic) bond motifs is 1. The van der Waals surface area contributed by atoms with Crippen LogP contribution in [0.2, 0.25) is 0 Å².